The van der Waals surface area contributed by atoms with Crippen molar-refractivity contribution in [3.63, 3.8) is 0 Å². The van der Waals surface area contributed by atoms with E-state index in [1.165, 1.54) is 0 Å². The number of rotatable bonds is 2. The van der Waals surface area contributed by atoms with E-state index in [0.717, 1.165) is 31.6 Å². The van der Waals surface area contributed by atoms with E-state index in [2.05, 4.69) is 10.1 Å². The quantitative estimate of drug-likeness (QED) is 0.852. The number of nitrogens with zero attached hydrogens (tertiary/aromatic N) is 3. The van der Waals surface area contributed by atoms with Gasteiger partial charge < -0.3 is 5.11 Å². The Morgan fingerprint density at radius 2 is 2.16 bits per heavy atom. The van der Waals surface area contributed by atoms with Crippen molar-refractivity contribution in [1.29, 1.82) is 0 Å². The highest BCUT2D eigenvalue weighted by Crippen LogP contribution is 2.30. The molecule has 0 amide bonds. The summed E-state index contributed by atoms with van der Waals surface area (Å²) in [4.78, 5) is 4.52. The second-order valence-corrected chi connectivity index (χ2v) is 7.76. The summed E-state index contributed by atoms with van der Waals surface area (Å²) >= 11 is 0. The summed E-state index contributed by atoms with van der Waals surface area (Å²) in [6.07, 6.45) is 3.45. The van der Waals surface area contributed by atoms with E-state index in [0.29, 0.717) is 12.2 Å². The first-order valence-electron chi connectivity index (χ1n) is 6.85. The van der Waals surface area contributed by atoms with Gasteiger partial charge in [0.05, 0.1) is 18.1 Å². The van der Waals surface area contributed by atoms with Crippen LogP contribution in [0.25, 0.3) is 0 Å². The second kappa shape index (κ2) is 4.86. The Labute approximate surface area is 112 Å². The summed E-state index contributed by atoms with van der Waals surface area (Å²) in [6, 6.07) is 0. The van der Waals surface area contributed by atoms with Gasteiger partial charge in [-0.3, -0.25) is 0 Å². The van der Waals surface area contributed by atoms with Crippen LogP contribution in [0.1, 0.15) is 49.2 Å². The standard InChI is InChI=1S/C12H19N3O3S/c16-7-9-3-1-5-15-12(9)13-11(14-15)10-4-2-6-19(17,18)8-10/h9-10,16H,1-8H2. The van der Waals surface area contributed by atoms with Gasteiger partial charge in [0.2, 0.25) is 0 Å². The molecule has 1 aromatic rings. The van der Waals surface area contributed by atoms with Crippen LogP contribution in [0.4, 0.5) is 0 Å². The van der Waals surface area contributed by atoms with Crippen molar-refractivity contribution in [2.24, 2.45) is 0 Å². The lowest BCUT2D eigenvalue weighted by Gasteiger charge is -2.19. The third-order valence-corrected chi connectivity index (χ3v) is 5.87. The van der Waals surface area contributed by atoms with E-state index in [1.54, 1.807) is 0 Å². The van der Waals surface area contributed by atoms with Gasteiger partial charge in [-0.2, -0.15) is 5.10 Å². The Hall–Kier alpha value is -0.950. The number of sulfone groups is 1. The SMILES string of the molecule is O=S1(=O)CCCC(c2nc3n(n2)CCCC3CO)C1. The first-order chi connectivity index (χ1) is 9.09. The number of hydrogen-bond acceptors (Lipinski definition) is 5. The zero-order valence-corrected chi connectivity index (χ0v) is 11.6. The van der Waals surface area contributed by atoms with Crippen molar-refractivity contribution >= 4 is 9.84 Å². The zero-order valence-electron chi connectivity index (χ0n) is 10.8. The topological polar surface area (TPSA) is 85.1 Å². The third kappa shape index (κ3) is 2.53. The minimum absolute atomic E-state index is 0.0511. The molecule has 0 aliphatic carbocycles. The number of hydrogen-bond donors (Lipinski definition) is 1. The van der Waals surface area contributed by atoms with Crippen LogP contribution in [0.2, 0.25) is 0 Å². The smallest absolute Gasteiger partial charge is 0.155 e. The molecule has 1 saturated heterocycles. The van der Waals surface area contributed by atoms with Crippen LogP contribution in [0, 0.1) is 0 Å². The van der Waals surface area contributed by atoms with E-state index in [-0.39, 0.29) is 29.9 Å². The predicted molar refractivity (Wildman–Crippen MR) is 69.7 cm³/mol. The van der Waals surface area contributed by atoms with Crippen molar-refractivity contribution < 1.29 is 13.5 Å². The van der Waals surface area contributed by atoms with Gasteiger partial charge in [0.15, 0.2) is 15.7 Å². The van der Waals surface area contributed by atoms with Crippen molar-refractivity contribution in [1.82, 2.24) is 14.8 Å². The van der Waals surface area contributed by atoms with Gasteiger partial charge in [0.25, 0.3) is 0 Å². The Morgan fingerprint density at radius 1 is 1.32 bits per heavy atom. The molecule has 0 aromatic carbocycles. The first kappa shape index (κ1) is 13.1. The largest absolute Gasteiger partial charge is 0.396 e. The van der Waals surface area contributed by atoms with Gasteiger partial charge in [-0.25, -0.2) is 18.1 Å². The van der Waals surface area contributed by atoms with Gasteiger partial charge >= 0.3 is 0 Å². The fourth-order valence-corrected chi connectivity index (χ4v) is 4.73. The van der Waals surface area contributed by atoms with Crippen LogP contribution < -0.4 is 0 Å². The Kier molecular flexibility index (Phi) is 3.34. The highest BCUT2D eigenvalue weighted by Gasteiger charge is 2.31. The summed E-state index contributed by atoms with van der Waals surface area (Å²) in [5.41, 5.74) is 0. The minimum atomic E-state index is -2.94. The minimum Gasteiger partial charge on any atom is -0.396 e. The van der Waals surface area contributed by atoms with Crippen molar-refractivity contribution in [2.75, 3.05) is 18.1 Å². The average molecular weight is 285 g/mol. The fraction of sp³-hybridized carbons (Fsp3) is 0.833. The Balaban J connectivity index is 1.88. The molecular formula is C12H19N3O3S. The molecule has 7 heteroatoms. The molecule has 3 heterocycles. The summed E-state index contributed by atoms with van der Waals surface area (Å²) in [5.74, 6) is 1.91. The summed E-state index contributed by atoms with van der Waals surface area (Å²) in [5, 5.41) is 13.8. The Morgan fingerprint density at radius 3 is 2.89 bits per heavy atom. The number of aryl methyl sites for hydroxylation is 1. The normalized spacial score (nSPS) is 29.9. The number of aliphatic hydroxyl groups is 1. The van der Waals surface area contributed by atoms with Crippen LogP contribution in [0.3, 0.4) is 0 Å². The third-order valence-electron chi connectivity index (χ3n) is 4.05. The highest BCUT2D eigenvalue weighted by molar-refractivity contribution is 7.91. The molecule has 1 N–H and O–H groups in total. The molecule has 19 heavy (non-hydrogen) atoms. The first-order valence-corrected chi connectivity index (χ1v) is 8.67. The summed E-state index contributed by atoms with van der Waals surface area (Å²) in [6.45, 7) is 0.902. The molecule has 2 atom stereocenters. The molecule has 2 unspecified atom stereocenters. The lowest BCUT2D eigenvalue weighted by molar-refractivity contribution is 0.234. The van der Waals surface area contributed by atoms with Crippen LogP contribution in [0.15, 0.2) is 0 Å². The van der Waals surface area contributed by atoms with Crippen LogP contribution >= 0.6 is 0 Å². The lowest BCUT2D eigenvalue weighted by Crippen LogP contribution is -2.24. The maximum atomic E-state index is 11.7. The molecule has 0 saturated carbocycles. The number of aliphatic hydroxyl groups excluding tert-OH is 1. The average Bonchev–Trinajstić information content (AvgIpc) is 2.81. The molecular weight excluding hydrogens is 266 g/mol. The van der Waals surface area contributed by atoms with E-state index in [4.69, 9.17) is 0 Å². The van der Waals surface area contributed by atoms with Gasteiger partial charge in [0, 0.05) is 18.4 Å². The van der Waals surface area contributed by atoms with Gasteiger partial charge in [-0.1, -0.05) is 0 Å². The van der Waals surface area contributed by atoms with Crippen molar-refractivity contribution in [3.8, 4) is 0 Å². The van der Waals surface area contributed by atoms with Crippen LogP contribution in [0.5, 0.6) is 0 Å². The highest BCUT2D eigenvalue weighted by atomic mass is 32.2. The fourth-order valence-electron chi connectivity index (χ4n) is 3.03. The molecule has 1 fully saturated rings. The van der Waals surface area contributed by atoms with Crippen LogP contribution in [-0.4, -0.2) is 46.4 Å². The van der Waals surface area contributed by atoms with E-state index >= 15 is 0 Å². The van der Waals surface area contributed by atoms with Crippen LogP contribution in [-0.2, 0) is 16.4 Å². The number of aromatic nitrogens is 3. The summed E-state index contributed by atoms with van der Waals surface area (Å²) < 4.78 is 25.2. The van der Waals surface area contributed by atoms with E-state index < -0.39 is 9.84 Å². The summed E-state index contributed by atoms with van der Waals surface area (Å²) in [7, 11) is -2.94. The molecule has 0 bridgehead atoms. The molecule has 106 valence electrons. The maximum Gasteiger partial charge on any atom is 0.155 e. The molecule has 1 aromatic heterocycles. The molecule has 6 nitrogen and oxygen atoms in total. The monoisotopic (exact) mass is 285 g/mol. The molecule has 0 radical (unpaired) electrons. The maximum absolute atomic E-state index is 11.7. The number of fused-ring (bicyclic) bond motifs is 1. The molecule has 0 spiro atoms. The van der Waals surface area contributed by atoms with Crippen molar-refractivity contribution in [3.05, 3.63) is 11.6 Å². The Bertz CT molecular complexity index is 567. The van der Waals surface area contributed by atoms with Crippen molar-refractivity contribution in [2.45, 2.75) is 44.1 Å². The predicted octanol–water partition coefficient (Wildman–Crippen LogP) is 0.440. The molecule has 2 aliphatic rings. The second-order valence-electron chi connectivity index (χ2n) is 5.53. The molecule has 2 aliphatic heterocycles. The van der Waals surface area contributed by atoms with Gasteiger partial charge in [0.1, 0.15) is 5.82 Å². The van der Waals surface area contributed by atoms with E-state index in [9.17, 15) is 13.5 Å². The van der Waals surface area contributed by atoms with Gasteiger partial charge in [-0.15, -0.1) is 0 Å². The lowest BCUT2D eigenvalue weighted by atomic mass is 10.0. The van der Waals surface area contributed by atoms with E-state index in [1.807, 2.05) is 4.68 Å². The van der Waals surface area contributed by atoms with Gasteiger partial charge in [-0.05, 0) is 25.7 Å². The zero-order chi connectivity index (χ0) is 13.5. The molecule has 3 rings (SSSR count).